The molecule has 2 atom stereocenters. The fraction of sp³-hybridized carbons (Fsp3) is 0.536. The van der Waals surface area contributed by atoms with Crippen LogP contribution in [0.3, 0.4) is 0 Å². The lowest BCUT2D eigenvalue weighted by Gasteiger charge is -2.22. The molecule has 0 saturated heterocycles. The zero-order valence-corrected chi connectivity index (χ0v) is 25.4. The number of nitrogens with zero attached hydrogens (tertiary/aromatic N) is 2. The van der Waals surface area contributed by atoms with E-state index in [1.807, 2.05) is 0 Å². The van der Waals surface area contributed by atoms with Crippen molar-refractivity contribution in [2.45, 2.75) is 71.2 Å². The zero-order valence-electron chi connectivity index (χ0n) is 25.4. The van der Waals surface area contributed by atoms with Gasteiger partial charge in [-0.2, -0.15) is 0 Å². The zero-order chi connectivity index (χ0) is 33.5. The summed E-state index contributed by atoms with van der Waals surface area (Å²) in [4.78, 5) is 111. The summed E-state index contributed by atoms with van der Waals surface area (Å²) in [6, 6.07) is -0.954. The first kappa shape index (κ1) is 36.3. The van der Waals surface area contributed by atoms with Gasteiger partial charge in [0.2, 0.25) is 29.5 Å². The van der Waals surface area contributed by atoms with Gasteiger partial charge in [-0.1, -0.05) is 0 Å². The fourth-order valence-corrected chi connectivity index (χ4v) is 4.26. The Morgan fingerprint density at radius 2 is 0.956 bits per heavy atom. The molecule has 9 amide bonds. The lowest BCUT2D eigenvalue weighted by Crippen LogP contribution is -2.50. The van der Waals surface area contributed by atoms with Crippen molar-refractivity contribution in [3.8, 4) is 0 Å². The minimum atomic E-state index is -0.954. The van der Waals surface area contributed by atoms with E-state index in [4.69, 9.17) is 4.74 Å². The van der Waals surface area contributed by atoms with Crippen LogP contribution in [0, 0.1) is 0 Å². The summed E-state index contributed by atoms with van der Waals surface area (Å²) < 4.78 is 5.17. The summed E-state index contributed by atoms with van der Waals surface area (Å²) in [5.74, 6) is -4.78. The van der Waals surface area contributed by atoms with Gasteiger partial charge in [-0.05, 0) is 20.8 Å². The van der Waals surface area contributed by atoms with Crippen molar-refractivity contribution in [2.24, 2.45) is 0 Å². The second-order valence-corrected chi connectivity index (χ2v) is 10.2. The monoisotopic (exact) mass is 633 g/mol. The molecular weight excluding hydrogens is 594 g/mol. The molecule has 0 aromatic carbocycles. The molecule has 17 heteroatoms. The van der Waals surface area contributed by atoms with E-state index in [0.717, 1.165) is 34.1 Å². The van der Waals surface area contributed by atoms with Gasteiger partial charge in [0.15, 0.2) is 0 Å². The summed E-state index contributed by atoms with van der Waals surface area (Å²) in [5.41, 5.74) is 0. The van der Waals surface area contributed by atoms with Gasteiger partial charge >= 0.3 is 0 Å². The van der Waals surface area contributed by atoms with Crippen molar-refractivity contribution in [1.82, 2.24) is 36.4 Å². The molecule has 246 valence electrons. The minimum absolute atomic E-state index is 0.0123. The predicted molar refractivity (Wildman–Crippen MR) is 155 cm³/mol. The van der Waals surface area contributed by atoms with E-state index >= 15 is 0 Å². The van der Waals surface area contributed by atoms with Gasteiger partial charge in [-0.25, -0.2) is 0 Å². The molecule has 17 nitrogen and oxygen atoms in total. The molecule has 0 bridgehead atoms. The van der Waals surface area contributed by atoms with E-state index in [2.05, 4.69) is 26.6 Å². The van der Waals surface area contributed by atoms with Crippen LogP contribution in [0.5, 0.6) is 0 Å². The van der Waals surface area contributed by atoms with Crippen molar-refractivity contribution in [3.63, 3.8) is 0 Å². The Morgan fingerprint density at radius 3 is 1.33 bits per heavy atom. The summed E-state index contributed by atoms with van der Waals surface area (Å²) in [5, 5.41) is 12.8. The number of carbonyl (C=O) groups excluding carboxylic acids is 9. The molecule has 0 aromatic rings. The number of carbonyl (C=O) groups is 9. The number of rotatable bonds is 19. The van der Waals surface area contributed by atoms with E-state index in [9.17, 15) is 43.2 Å². The molecule has 2 aliphatic rings. The Morgan fingerprint density at radius 1 is 0.600 bits per heavy atom. The summed E-state index contributed by atoms with van der Waals surface area (Å²) in [6.45, 7) is 5.02. The molecule has 0 fully saturated rings. The van der Waals surface area contributed by atoms with Crippen molar-refractivity contribution in [2.75, 3.05) is 26.3 Å². The Balaban J connectivity index is 1.84. The van der Waals surface area contributed by atoms with E-state index < -0.39 is 71.5 Å². The maximum Gasteiger partial charge on any atom is 0.253 e. The highest BCUT2D eigenvalue weighted by molar-refractivity contribution is 6.13. The molecule has 0 spiro atoms. The van der Waals surface area contributed by atoms with E-state index in [0.29, 0.717) is 6.61 Å². The molecule has 0 aromatic heterocycles. The van der Waals surface area contributed by atoms with Crippen LogP contribution in [0.25, 0.3) is 0 Å². The molecule has 2 aliphatic heterocycles. The average Bonchev–Trinajstić information content (AvgIpc) is 3.44. The third kappa shape index (κ3) is 13.1. The maximum absolute atomic E-state index is 12.7. The quantitative estimate of drug-likeness (QED) is 0.0569. The van der Waals surface area contributed by atoms with Gasteiger partial charge in [0.25, 0.3) is 23.6 Å². The maximum atomic E-state index is 12.7. The standard InChI is InChI=1S/C28H39N7O10/c1-4-45-14-11-22(38)33-19(15-23(39)31-17(2)29-20(36)9-12-34-25(41)5-6-26(34)42)16-24(40)32-18(3)30-21(37)10-13-35-27(43)7-8-28(35)44/h5-8,17-19H,4,9-16H2,1-3H3,(H,29,36)(H,30,37)(H,31,39)(H,32,40)(H,33,38). The Hall–Kier alpha value is -4.93. The van der Waals surface area contributed by atoms with Crippen LogP contribution in [0.2, 0.25) is 0 Å². The molecule has 2 heterocycles. The van der Waals surface area contributed by atoms with Crippen molar-refractivity contribution in [3.05, 3.63) is 24.3 Å². The molecule has 45 heavy (non-hydrogen) atoms. The average molecular weight is 634 g/mol. The smallest absolute Gasteiger partial charge is 0.253 e. The van der Waals surface area contributed by atoms with Crippen molar-refractivity contribution in [1.29, 1.82) is 0 Å². The summed E-state index contributed by atoms with van der Waals surface area (Å²) in [7, 11) is 0. The Labute approximate surface area is 259 Å². The number of hydrogen-bond donors (Lipinski definition) is 5. The third-order valence-electron chi connectivity index (χ3n) is 6.34. The fourth-order valence-electron chi connectivity index (χ4n) is 4.26. The summed E-state index contributed by atoms with van der Waals surface area (Å²) in [6.07, 6.45) is 1.68. The Bertz CT molecular complexity index is 1130. The van der Waals surface area contributed by atoms with Crippen molar-refractivity contribution < 1.29 is 47.9 Å². The number of nitrogens with one attached hydrogen (secondary N) is 5. The highest BCUT2D eigenvalue weighted by atomic mass is 16.5. The number of imide groups is 2. The predicted octanol–water partition coefficient (Wildman–Crippen LogP) is -2.53. The third-order valence-corrected chi connectivity index (χ3v) is 6.34. The van der Waals surface area contributed by atoms with Gasteiger partial charge in [-0.15, -0.1) is 0 Å². The van der Waals surface area contributed by atoms with Crippen molar-refractivity contribution >= 4 is 53.2 Å². The Kier molecular flexibility index (Phi) is 14.5. The van der Waals surface area contributed by atoms with Gasteiger partial charge < -0.3 is 31.3 Å². The lowest BCUT2D eigenvalue weighted by atomic mass is 10.1. The van der Waals surface area contributed by atoms with Gasteiger partial charge in [-0.3, -0.25) is 53.0 Å². The minimum Gasteiger partial charge on any atom is -0.381 e. The van der Waals surface area contributed by atoms with Crippen LogP contribution in [0.1, 0.15) is 52.9 Å². The second-order valence-electron chi connectivity index (χ2n) is 10.2. The normalized spacial score (nSPS) is 16.0. The number of hydrogen-bond acceptors (Lipinski definition) is 10. The molecule has 2 unspecified atom stereocenters. The first-order valence-corrected chi connectivity index (χ1v) is 14.4. The van der Waals surface area contributed by atoms with Crippen LogP contribution < -0.4 is 26.6 Å². The number of ether oxygens (including phenoxy) is 1. The first-order valence-electron chi connectivity index (χ1n) is 14.4. The molecular formula is C28H39N7O10. The highest BCUT2D eigenvalue weighted by Crippen LogP contribution is 2.06. The summed E-state index contributed by atoms with van der Waals surface area (Å²) >= 11 is 0. The molecule has 0 radical (unpaired) electrons. The van der Waals surface area contributed by atoms with E-state index in [1.165, 1.54) is 13.8 Å². The number of amides is 9. The van der Waals surface area contributed by atoms with Gasteiger partial charge in [0.05, 0.1) is 18.9 Å². The van der Waals surface area contributed by atoms with E-state index in [1.54, 1.807) is 6.92 Å². The first-order chi connectivity index (χ1) is 21.3. The molecule has 0 saturated carbocycles. The second kappa shape index (κ2) is 18.0. The van der Waals surface area contributed by atoms with Crippen LogP contribution in [0.4, 0.5) is 0 Å². The largest absolute Gasteiger partial charge is 0.381 e. The lowest BCUT2D eigenvalue weighted by molar-refractivity contribution is -0.139. The topological polar surface area (TPSA) is 229 Å². The van der Waals surface area contributed by atoms with Crippen LogP contribution in [-0.2, 0) is 47.9 Å². The highest BCUT2D eigenvalue weighted by Gasteiger charge is 2.26. The molecule has 2 rings (SSSR count). The van der Waals surface area contributed by atoms with E-state index in [-0.39, 0.29) is 51.8 Å². The van der Waals surface area contributed by atoms with Crippen LogP contribution >= 0.6 is 0 Å². The van der Waals surface area contributed by atoms with Gasteiger partial charge in [0, 0.05) is 82.1 Å². The van der Waals surface area contributed by atoms with Crippen LogP contribution in [0.15, 0.2) is 24.3 Å². The SMILES string of the molecule is CCOCCC(=O)NC(CC(=O)NC(C)NC(=O)CCN1C(=O)C=CC1=O)CC(=O)NC(C)NC(=O)CCN1C(=O)C=CC1=O. The molecule has 5 N–H and O–H groups in total. The van der Waals surface area contributed by atoms with Crippen LogP contribution in [-0.4, -0.2) is 108 Å². The van der Waals surface area contributed by atoms with Gasteiger partial charge in [0.1, 0.15) is 0 Å². The molecule has 0 aliphatic carbocycles.